The summed E-state index contributed by atoms with van der Waals surface area (Å²) in [7, 11) is -3.63. The van der Waals surface area contributed by atoms with Crippen molar-refractivity contribution in [1.29, 1.82) is 0 Å². The maximum Gasteiger partial charge on any atom is 0.226 e. The van der Waals surface area contributed by atoms with E-state index < -0.39 is 16.1 Å². The lowest BCUT2D eigenvalue weighted by atomic mass is 10.0. The number of hydrogen-bond acceptors (Lipinski definition) is 6. The van der Waals surface area contributed by atoms with E-state index >= 15 is 0 Å². The summed E-state index contributed by atoms with van der Waals surface area (Å²) in [5.41, 5.74) is 5.42. The number of hydrogen-bond donors (Lipinski definition) is 0. The number of benzene rings is 2. The van der Waals surface area contributed by atoms with Crippen LogP contribution in [0.5, 0.6) is 0 Å². The van der Waals surface area contributed by atoms with Crippen LogP contribution in [0.2, 0.25) is 33.2 Å². The largest absolute Gasteiger partial charge is 0.281 e. The molecule has 0 N–H and O–H groups in total. The summed E-state index contributed by atoms with van der Waals surface area (Å²) in [6.45, 7) is 28.8. The summed E-state index contributed by atoms with van der Waals surface area (Å²) >= 11 is 6.46. The van der Waals surface area contributed by atoms with Crippen LogP contribution >= 0.6 is 46.2 Å². The normalized spacial score (nSPS) is 15.6. The molecule has 0 saturated carbocycles. The van der Waals surface area contributed by atoms with Gasteiger partial charge in [0.2, 0.25) is 10.2 Å². The van der Waals surface area contributed by atoms with E-state index in [1.165, 1.54) is 32.5 Å². The summed E-state index contributed by atoms with van der Waals surface area (Å²) in [5, 5.41) is 4.49. The van der Waals surface area contributed by atoms with Crippen molar-refractivity contribution in [3.63, 3.8) is 0 Å². The molecule has 0 amide bonds. The molecule has 0 atom stereocenters. The number of thioether (sulfide) groups is 2. The summed E-state index contributed by atoms with van der Waals surface area (Å²) in [6, 6.07) is 17.7. The second-order valence-electron chi connectivity index (χ2n) is 15.6. The molecule has 2 nitrogen and oxygen atoms in total. The molecule has 0 bridgehead atoms. The first-order chi connectivity index (χ1) is 22.6. The summed E-state index contributed by atoms with van der Waals surface area (Å²) in [4.78, 5) is 31.8. The van der Waals surface area contributed by atoms with Crippen LogP contribution in [-0.2, 0) is 9.59 Å². The fourth-order valence-electron chi connectivity index (χ4n) is 10.1. The zero-order valence-corrected chi connectivity index (χ0v) is 35.8. The molecule has 0 aliphatic carbocycles. The molecule has 0 saturated heterocycles. The number of thiophene rings is 2. The molecule has 2 aliphatic rings. The van der Waals surface area contributed by atoms with E-state index in [0.717, 1.165) is 51.9 Å². The Labute approximate surface area is 305 Å². The van der Waals surface area contributed by atoms with Gasteiger partial charge in [0.15, 0.2) is 0 Å². The summed E-state index contributed by atoms with van der Waals surface area (Å²) in [6.07, 6.45) is 0. The Kier molecular flexibility index (Phi) is 9.88. The van der Waals surface area contributed by atoms with Crippen LogP contribution < -0.4 is 19.4 Å². The standard InChI is InChI=1S/C40H50O2S4Si2/c1-21(2)47(22(3)4,23(5)6)33-19-17-31(43-33)35-29-15-13-28-27(37(29)45-39(35)41)14-16-30-36(40(42)46-38(28)30)32-18-20-34(44-32)48(24(7)8,25(9)10)26(11)12/h13-26H,1-12H3. The molecule has 6 rings (SSSR count). The molecule has 2 aromatic carbocycles. The third kappa shape index (κ3) is 5.21. The zero-order chi connectivity index (χ0) is 35.0. The number of carbonyl (C=O) groups excluding carboxylic acids is 2. The molecular formula is C40H50O2S4Si2. The first-order valence-corrected chi connectivity index (χ1v) is 25.3. The van der Waals surface area contributed by atoms with Crippen LogP contribution in [0.15, 0.2) is 58.3 Å². The molecule has 48 heavy (non-hydrogen) atoms. The van der Waals surface area contributed by atoms with E-state index in [1.54, 1.807) is 0 Å². The molecular weight excluding hydrogens is 697 g/mol. The SMILES string of the molecule is CC(C)[Si](c1ccc(C2=c3ccc4c5c(ccc4c3SC2=O)=C(c2ccc([Si](C(C)C)(C(C)C)C(C)C)s2)C(=O)S5)s1)(C(C)C)C(C)C. The van der Waals surface area contributed by atoms with Gasteiger partial charge in [-0.1, -0.05) is 119 Å². The molecule has 0 radical (unpaired) electrons. The van der Waals surface area contributed by atoms with Crippen LogP contribution in [0.1, 0.15) is 92.8 Å². The molecule has 2 aromatic heterocycles. The third-order valence-electron chi connectivity index (χ3n) is 11.7. The van der Waals surface area contributed by atoms with Crippen molar-refractivity contribution < 1.29 is 9.59 Å². The Bertz CT molecular complexity index is 1870. The van der Waals surface area contributed by atoms with Crippen molar-refractivity contribution in [2.24, 2.45) is 0 Å². The Hall–Kier alpha value is -1.69. The van der Waals surface area contributed by atoms with Gasteiger partial charge in [-0.2, -0.15) is 0 Å². The van der Waals surface area contributed by atoms with Crippen LogP contribution in [-0.4, -0.2) is 26.4 Å². The maximum absolute atomic E-state index is 13.8. The van der Waals surface area contributed by atoms with E-state index in [0.29, 0.717) is 33.2 Å². The van der Waals surface area contributed by atoms with Crippen LogP contribution in [0.25, 0.3) is 21.9 Å². The van der Waals surface area contributed by atoms with Crippen molar-refractivity contribution >= 4 is 103 Å². The zero-order valence-electron chi connectivity index (χ0n) is 30.5. The highest BCUT2D eigenvalue weighted by Gasteiger charge is 2.47. The lowest BCUT2D eigenvalue weighted by molar-refractivity contribution is -0.106. The summed E-state index contributed by atoms with van der Waals surface area (Å²) < 4.78 is 3.03. The van der Waals surface area contributed by atoms with E-state index in [1.807, 2.05) is 22.7 Å². The molecule has 4 heterocycles. The van der Waals surface area contributed by atoms with Crippen molar-refractivity contribution in [2.45, 2.75) is 126 Å². The van der Waals surface area contributed by atoms with Gasteiger partial charge in [0, 0.05) is 30.0 Å². The average molecular weight is 747 g/mol. The van der Waals surface area contributed by atoms with E-state index in [-0.39, 0.29) is 10.2 Å². The van der Waals surface area contributed by atoms with Crippen molar-refractivity contribution in [1.82, 2.24) is 0 Å². The van der Waals surface area contributed by atoms with Gasteiger partial charge in [0.05, 0.1) is 11.1 Å². The highest BCUT2D eigenvalue weighted by molar-refractivity contribution is 8.15. The van der Waals surface area contributed by atoms with Gasteiger partial charge in [-0.3, -0.25) is 9.59 Å². The monoisotopic (exact) mass is 746 g/mol. The topological polar surface area (TPSA) is 34.1 Å². The third-order valence-corrected chi connectivity index (χ3v) is 31.9. The molecule has 254 valence electrons. The van der Waals surface area contributed by atoms with Crippen molar-refractivity contribution in [3.05, 3.63) is 68.7 Å². The quantitative estimate of drug-likeness (QED) is 0.151. The van der Waals surface area contributed by atoms with Gasteiger partial charge in [0.1, 0.15) is 16.1 Å². The molecule has 8 heteroatoms. The fourth-order valence-corrected chi connectivity index (χ4v) is 32.4. The number of fused-ring (bicyclic) bond motifs is 5. The first kappa shape index (κ1) is 36.1. The second-order valence-corrected chi connectivity index (χ2v) is 32.2. The van der Waals surface area contributed by atoms with Gasteiger partial charge in [-0.05, 0) is 88.7 Å². The molecule has 0 fully saturated rings. The van der Waals surface area contributed by atoms with E-state index in [4.69, 9.17) is 0 Å². The highest BCUT2D eigenvalue weighted by Crippen LogP contribution is 2.46. The molecule has 0 unspecified atom stereocenters. The molecule has 0 spiro atoms. The minimum absolute atomic E-state index is 0.132. The van der Waals surface area contributed by atoms with Crippen molar-refractivity contribution in [3.8, 4) is 0 Å². The van der Waals surface area contributed by atoms with Crippen LogP contribution in [0.4, 0.5) is 0 Å². The van der Waals surface area contributed by atoms with Gasteiger partial charge in [-0.25, -0.2) is 0 Å². The lowest BCUT2D eigenvalue weighted by Crippen LogP contribution is -2.54. The summed E-state index contributed by atoms with van der Waals surface area (Å²) in [5.74, 6) is 0. The van der Waals surface area contributed by atoms with Crippen LogP contribution in [0.3, 0.4) is 0 Å². The molecule has 4 aromatic rings. The Morgan fingerprint density at radius 2 is 0.750 bits per heavy atom. The van der Waals surface area contributed by atoms with Gasteiger partial charge in [0.25, 0.3) is 0 Å². The smallest absolute Gasteiger partial charge is 0.226 e. The average Bonchev–Trinajstić information content (AvgIpc) is 3.77. The van der Waals surface area contributed by atoms with Crippen LogP contribution in [0, 0.1) is 0 Å². The lowest BCUT2D eigenvalue weighted by Gasteiger charge is -2.42. The fraction of sp³-hybridized carbons (Fsp3) is 0.450. The van der Waals surface area contributed by atoms with Crippen molar-refractivity contribution in [2.75, 3.05) is 0 Å². The van der Waals surface area contributed by atoms with E-state index in [2.05, 4.69) is 132 Å². The molecule has 2 aliphatic heterocycles. The number of rotatable bonds is 10. The van der Waals surface area contributed by atoms with Gasteiger partial charge in [-0.15, -0.1) is 22.7 Å². The van der Waals surface area contributed by atoms with Gasteiger partial charge < -0.3 is 0 Å². The minimum Gasteiger partial charge on any atom is -0.281 e. The maximum atomic E-state index is 13.8. The Morgan fingerprint density at radius 3 is 1.04 bits per heavy atom. The van der Waals surface area contributed by atoms with Gasteiger partial charge >= 0.3 is 0 Å². The minimum atomic E-state index is -1.82. The number of carbonyl (C=O) groups is 2. The van der Waals surface area contributed by atoms with E-state index in [9.17, 15) is 9.59 Å². The Morgan fingerprint density at radius 1 is 0.438 bits per heavy atom. The second kappa shape index (κ2) is 13.1. The first-order valence-electron chi connectivity index (χ1n) is 17.6. The highest BCUT2D eigenvalue weighted by atomic mass is 32.2. The Balaban J connectivity index is 1.49. The predicted octanol–water partition coefficient (Wildman–Crippen LogP) is 10.4. The predicted molar refractivity (Wildman–Crippen MR) is 220 cm³/mol.